The van der Waals surface area contributed by atoms with E-state index in [4.69, 9.17) is 5.73 Å². The molecule has 21 heavy (non-hydrogen) atoms. The number of carbonyl (C=O) groups is 1. The Morgan fingerprint density at radius 3 is 2.43 bits per heavy atom. The number of nitrogens with two attached hydrogens (primary N) is 1. The third kappa shape index (κ3) is 3.10. The third-order valence-corrected chi connectivity index (χ3v) is 2.94. The second-order valence-corrected chi connectivity index (χ2v) is 4.52. The molecule has 0 heterocycles. The minimum atomic E-state index is -0.695. The van der Waals surface area contributed by atoms with Crippen LogP contribution in [0.25, 0.3) is 0 Å². The Morgan fingerprint density at radius 2 is 1.81 bits per heavy atom. The summed E-state index contributed by atoms with van der Waals surface area (Å²) in [5.41, 5.74) is 6.30. The maximum atomic E-state index is 13.9. The lowest BCUT2D eigenvalue weighted by Gasteiger charge is -2.12. The van der Waals surface area contributed by atoms with Gasteiger partial charge < -0.3 is 15.8 Å². The Morgan fingerprint density at radius 1 is 1.14 bits per heavy atom. The molecule has 4 nitrogen and oxygen atoms in total. The average molecular weight is 292 g/mol. The number of aryl methyl sites for hydroxylation is 1. The van der Waals surface area contributed by atoms with Gasteiger partial charge in [0.15, 0.2) is 0 Å². The van der Waals surface area contributed by atoms with E-state index in [0.29, 0.717) is 0 Å². The minimum Gasteiger partial charge on any atom is -0.465 e. The van der Waals surface area contributed by atoms with E-state index >= 15 is 0 Å². The van der Waals surface area contributed by atoms with E-state index in [1.165, 1.54) is 25.3 Å². The number of benzene rings is 2. The van der Waals surface area contributed by atoms with Gasteiger partial charge in [0.1, 0.15) is 11.6 Å². The molecule has 0 fully saturated rings. The minimum absolute atomic E-state index is 0.00826. The lowest BCUT2D eigenvalue weighted by Crippen LogP contribution is -2.08. The van der Waals surface area contributed by atoms with Crippen LogP contribution in [0.1, 0.15) is 15.9 Å². The van der Waals surface area contributed by atoms with Crippen LogP contribution < -0.4 is 11.1 Å². The predicted octanol–water partition coefficient (Wildman–Crippen LogP) is 3.39. The number of nitrogens with one attached hydrogen (secondary N) is 1. The van der Waals surface area contributed by atoms with Crippen molar-refractivity contribution in [2.45, 2.75) is 6.92 Å². The number of hydrogen-bond donors (Lipinski definition) is 2. The maximum Gasteiger partial charge on any atom is 0.340 e. The fourth-order valence-electron chi connectivity index (χ4n) is 1.84. The molecule has 0 saturated carbocycles. The summed E-state index contributed by atoms with van der Waals surface area (Å²) in [5.74, 6) is -1.91. The first kappa shape index (κ1) is 14.8. The van der Waals surface area contributed by atoms with Crippen LogP contribution in [-0.2, 0) is 4.74 Å². The molecule has 0 atom stereocenters. The van der Waals surface area contributed by atoms with Crippen LogP contribution >= 0.6 is 0 Å². The number of halogens is 2. The molecule has 2 rings (SSSR count). The van der Waals surface area contributed by atoms with Gasteiger partial charge in [-0.3, -0.25) is 0 Å². The quantitative estimate of drug-likeness (QED) is 0.672. The lowest BCUT2D eigenvalue weighted by atomic mass is 10.1. The molecule has 0 aromatic heterocycles. The number of anilines is 3. The Kier molecular flexibility index (Phi) is 4.07. The van der Waals surface area contributed by atoms with E-state index in [0.717, 1.165) is 11.6 Å². The zero-order chi connectivity index (χ0) is 15.6. The average Bonchev–Trinajstić information content (AvgIpc) is 2.43. The number of nitrogen functional groups attached to an aromatic ring is 1. The van der Waals surface area contributed by atoms with Gasteiger partial charge in [-0.25, -0.2) is 13.6 Å². The van der Waals surface area contributed by atoms with Crippen molar-refractivity contribution in [3.8, 4) is 0 Å². The third-order valence-electron chi connectivity index (χ3n) is 2.94. The van der Waals surface area contributed by atoms with Gasteiger partial charge in [-0.15, -0.1) is 0 Å². The van der Waals surface area contributed by atoms with Gasteiger partial charge in [0.2, 0.25) is 0 Å². The molecule has 2 aromatic carbocycles. The summed E-state index contributed by atoms with van der Waals surface area (Å²) < 4.78 is 32.2. The van der Waals surface area contributed by atoms with E-state index in [-0.39, 0.29) is 22.6 Å². The van der Waals surface area contributed by atoms with Crippen molar-refractivity contribution >= 4 is 23.0 Å². The van der Waals surface area contributed by atoms with Gasteiger partial charge >= 0.3 is 5.97 Å². The molecule has 0 saturated heterocycles. The summed E-state index contributed by atoms with van der Waals surface area (Å²) in [6.45, 7) is 1.74. The zero-order valence-corrected chi connectivity index (χ0v) is 11.5. The lowest BCUT2D eigenvalue weighted by molar-refractivity contribution is 0.0602. The fourth-order valence-corrected chi connectivity index (χ4v) is 1.84. The van der Waals surface area contributed by atoms with E-state index in [1.54, 1.807) is 13.0 Å². The number of hydrogen-bond acceptors (Lipinski definition) is 4. The summed E-state index contributed by atoms with van der Waals surface area (Å²) in [7, 11) is 1.19. The number of esters is 1. The van der Waals surface area contributed by atoms with Gasteiger partial charge in [-0.05, 0) is 36.8 Å². The van der Waals surface area contributed by atoms with Gasteiger partial charge in [-0.1, -0.05) is 6.07 Å². The molecule has 0 unspecified atom stereocenters. The second-order valence-electron chi connectivity index (χ2n) is 4.52. The summed E-state index contributed by atoms with van der Waals surface area (Å²) in [4.78, 5) is 11.5. The molecule has 3 N–H and O–H groups in total. The predicted molar refractivity (Wildman–Crippen MR) is 76.6 cm³/mol. The monoisotopic (exact) mass is 292 g/mol. The van der Waals surface area contributed by atoms with Crippen molar-refractivity contribution in [2.24, 2.45) is 0 Å². The van der Waals surface area contributed by atoms with Crippen molar-refractivity contribution in [1.29, 1.82) is 0 Å². The molecule has 0 amide bonds. The summed E-state index contributed by atoms with van der Waals surface area (Å²) in [5, 5.41) is 2.60. The molecule has 2 aromatic rings. The van der Waals surface area contributed by atoms with Gasteiger partial charge in [0.25, 0.3) is 0 Å². The van der Waals surface area contributed by atoms with Gasteiger partial charge in [0, 0.05) is 5.69 Å². The topological polar surface area (TPSA) is 64.3 Å². The zero-order valence-electron chi connectivity index (χ0n) is 11.5. The number of ether oxygens (including phenoxy) is 1. The van der Waals surface area contributed by atoms with E-state index < -0.39 is 17.6 Å². The van der Waals surface area contributed by atoms with Gasteiger partial charge in [0.05, 0.1) is 24.0 Å². The normalized spacial score (nSPS) is 10.3. The molecule has 0 aliphatic carbocycles. The Bertz CT molecular complexity index is 702. The van der Waals surface area contributed by atoms with Gasteiger partial charge in [-0.2, -0.15) is 0 Å². The van der Waals surface area contributed by atoms with Crippen LogP contribution in [0.5, 0.6) is 0 Å². The molecule has 0 spiro atoms. The maximum absolute atomic E-state index is 13.9. The Labute approximate surface area is 120 Å². The molecule has 0 radical (unpaired) electrons. The van der Waals surface area contributed by atoms with Crippen LogP contribution in [0.15, 0.2) is 30.3 Å². The van der Waals surface area contributed by atoms with Crippen molar-refractivity contribution in [1.82, 2.24) is 0 Å². The number of methoxy groups -OCH3 is 1. The fraction of sp³-hybridized carbons (Fsp3) is 0.133. The smallest absolute Gasteiger partial charge is 0.340 e. The highest BCUT2D eigenvalue weighted by molar-refractivity contribution is 5.96. The first-order valence-electron chi connectivity index (χ1n) is 6.13. The van der Waals surface area contributed by atoms with Crippen LogP contribution in [0, 0.1) is 18.6 Å². The first-order valence-corrected chi connectivity index (χ1v) is 6.13. The first-order chi connectivity index (χ1) is 9.92. The largest absolute Gasteiger partial charge is 0.465 e. The Hall–Kier alpha value is -2.63. The molecular formula is C15H14F2N2O2. The summed E-state index contributed by atoms with van der Waals surface area (Å²) in [6, 6.07) is 6.66. The van der Waals surface area contributed by atoms with E-state index in [2.05, 4.69) is 10.1 Å². The highest BCUT2D eigenvalue weighted by Crippen LogP contribution is 2.27. The van der Waals surface area contributed by atoms with Crippen molar-refractivity contribution in [3.63, 3.8) is 0 Å². The summed E-state index contributed by atoms with van der Waals surface area (Å²) >= 11 is 0. The molecular weight excluding hydrogens is 278 g/mol. The SMILES string of the molecule is COC(=O)c1cc(Nc2ccc(C)cc2F)c(F)cc1N. The molecule has 6 heteroatoms. The van der Waals surface area contributed by atoms with E-state index in [1.807, 2.05) is 0 Å². The van der Waals surface area contributed by atoms with Crippen molar-refractivity contribution < 1.29 is 18.3 Å². The second kappa shape index (κ2) is 5.78. The Balaban J connectivity index is 2.42. The molecule has 110 valence electrons. The number of carbonyl (C=O) groups excluding carboxylic acids is 1. The highest BCUT2D eigenvalue weighted by atomic mass is 19.1. The van der Waals surface area contributed by atoms with Crippen LogP contribution in [0.2, 0.25) is 0 Å². The van der Waals surface area contributed by atoms with Crippen molar-refractivity contribution in [2.75, 3.05) is 18.2 Å². The molecule has 0 aliphatic rings. The molecule has 0 aliphatic heterocycles. The van der Waals surface area contributed by atoms with Crippen molar-refractivity contribution in [3.05, 3.63) is 53.1 Å². The van der Waals surface area contributed by atoms with Crippen LogP contribution in [-0.4, -0.2) is 13.1 Å². The van der Waals surface area contributed by atoms with Crippen LogP contribution in [0.4, 0.5) is 25.8 Å². The van der Waals surface area contributed by atoms with Crippen LogP contribution in [0.3, 0.4) is 0 Å². The number of rotatable bonds is 3. The van der Waals surface area contributed by atoms with E-state index in [9.17, 15) is 13.6 Å². The molecule has 0 bridgehead atoms. The highest BCUT2D eigenvalue weighted by Gasteiger charge is 2.15. The standard InChI is InChI=1S/C15H14F2N2O2/c1-8-3-4-13(10(16)5-8)19-14-6-9(15(20)21-2)12(18)7-11(14)17/h3-7,19H,18H2,1-2H3. The summed E-state index contributed by atoms with van der Waals surface area (Å²) in [6.07, 6.45) is 0.